The van der Waals surface area contributed by atoms with E-state index >= 15 is 0 Å². The molecule has 0 radical (unpaired) electrons. The van der Waals surface area contributed by atoms with Crippen LogP contribution in [0.5, 0.6) is 0 Å². The average Bonchev–Trinajstić information content (AvgIpc) is 2.81. The molecule has 2 aromatic carbocycles. The number of nitrogens with one attached hydrogen (secondary N) is 1. The Kier molecular flexibility index (Phi) is 6.71. The van der Waals surface area contributed by atoms with Crippen LogP contribution < -0.4 is 10.6 Å². The van der Waals surface area contributed by atoms with Gasteiger partial charge < -0.3 is 10.6 Å². The van der Waals surface area contributed by atoms with Gasteiger partial charge in [-0.1, -0.05) is 49.4 Å². The zero-order valence-electron chi connectivity index (χ0n) is 18.9. The molecule has 2 heterocycles. The van der Waals surface area contributed by atoms with Gasteiger partial charge in [-0.15, -0.1) is 0 Å². The van der Waals surface area contributed by atoms with Crippen LogP contribution in [0.1, 0.15) is 30.9 Å². The molecule has 0 saturated carbocycles. The Balaban J connectivity index is 1.44. The third-order valence-electron chi connectivity index (χ3n) is 6.40. The highest BCUT2D eigenvalue weighted by Crippen LogP contribution is 2.28. The van der Waals surface area contributed by atoms with Gasteiger partial charge in [-0.3, -0.25) is 10.3 Å². The summed E-state index contributed by atoms with van der Waals surface area (Å²) in [5, 5.41) is 7.69. The van der Waals surface area contributed by atoms with Gasteiger partial charge >= 0.3 is 6.03 Å². The van der Waals surface area contributed by atoms with E-state index in [1.807, 2.05) is 41.3 Å². The van der Waals surface area contributed by atoms with Crippen molar-refractivity contribution in [3.05, 3.63) is 65.7 Å². The molecule has 2 aliphatic rings. The van der Waals surface area contributed by atoms with E-state index in [4.69, 9.17) is 11.1 Å². The minimum Gasteiger partial charge on any atom is -0.384 e. The first kappa shape index (κ1) is 23.3. The van der Waals surface area contributed by atoms with Crippen molar-refractivity contribution in [1.29, 1.82) is 5.41 Å². The van der Waals surface area contributed by atoms with E-state index in [0.717, 1.165) is 11.3 Å². The van der Waals surface area contributed by atoms with Crippen LogP contribution in [0, 0.1) is 11.3 Å². The second-order valence-electron chi connectivity index (χ2n) is 8.99. The number of piperidine rings is 1. The van der Waals surface area contributed by atoms with Crippen LogP contribution >= 0.6 is 0 Å². The lowest BCUT2D eigenvalue weighted by atomic mass is 10.00. The molecule has 2 aromatic rings. The number of amides is 2. The molecular weight excluding hydrogens is 438 g/mol. The van der Waals surface area contributed by atoms with Crippen molar-refractivity contribution in [3.63, 3.8) is 0 Å². The van der Waals surface area contributed by atoms with Crippen LogP contribution in [0.15, 0.2) is 54.6 Å². The molecule has 2 fully saturated rings. The summed E-state index contributed by atoms with van der Waals surface area (Å²) in [4.78, 5) is 17.1. The summed E-state index contributed by atoms with van der Waals surface area (Å²) in [6.07, 6.45) is 1.24. The van der Waals surface area contributed by atoms with Crippen molar-refractivity contribution < 1.29 is 13.2 Å². The molecule has 4 rings (SSSR count). The van der Waals surface area contributed by atoms with E-state index in [9.17, 15) is 13.2 Å². The molecule has 0 spiro atoms. The number of anilines is 1. The number of benzene rings is 2. The minimum atomic E-state index is -3.39. The maximum atomic E-state index is 13.4. The van der Waals surface area contributed by atoms with Crippen molar-refractivity contribution in [1.82, 2.24) is 9.21 Å². The Hall–Kier alpha value is -2.91. The Morgan fingerprint density at radius 3 is 2.42 bits per heavy atom. The first-order valence-corrected chi connectivity index (χ1v) is 12.9. The quantitative estimate of drug-likeness (QED) is 0.501. The molecule has 33 heavy (non-hydrogen) atoms. The highest BCUT2D eigenvalue weighted by Gasteiger charge is 2.38. The SMILES string of the molecule is CC1CN(c2cccc(C(=N)N)c2)C(=O)N(C2CCN(S(=O)(=O)Cc3ccccc3)CC2)C1. The van der Waals surface area contributed by atoms with Gasteiger partial charge in [0, 0.05) is 43.5 Å². The number of urea groups is 1. The minimum absolute atomic E-state index is 0.00154. The van der Waals surface area contributed by atoms with E-state index < -0.39 is 10.0 Å². The Morgan fingerprint density at radius 2 is 1.76 bits per heavy atom. The Morgan fingerprint density at radius 1 is 1.06 bits per heavy atom. The first-order valence-electron chi connectivity index (χ1n) is 11.3. The van der Waals surface area contributed by atoms with Crippen LogP contribution in [-0.2, 0) is 15.8 Å². The summed E-state index contributed by atoms with van der Waals surface area (Å²) in [7, 11) is -3.39. The van der Waals surface area contributed by atoms with Gasteiger partial charge in [0.2, 0.25) is 10.0 Å². The number of nitrogens with zero attached hydrogens (tertiary/aromatic N) is 3. The van der Waals surface area contributed by atoms with E-state index in [1.54, 1.807) is 27.4 Å². The monoisotopic (exact) mass is 469 g/mol. The number of carbonyl (C=O) groups excluding carboxylic acids is 1. The normalized spacial score (nSPS) is 20.8. The van der Waals surface area contributed by atoms with Crippen molar-refractivity contribution in [2.45, 2.75) is 31.6 Å². The lowest BCUT2D eigenvalue weighted by Gasteiger charge is -2.45. The van der Waals surface area contributed by atoms with Gasteiger partial charge in [0.25, 0.3) is 0 Å². The molecule has 0 bridgehead atoms. The summed E-state index contributed by atoms with van der Waals surface area (Å²) < 4.78 is 27.3. The number of sulfonamides is 1. The summed E-state index contributed by atoms with van der Waals surface area (Å²) in [6.45, 7) is 4.19. The molecule has 0 aliphatic carbocycles. The highest BCUT2D eigenvalue weighted by molar-refractivity contribution is 7.88. The summed E-state index contributed by atoms with van der Waals surface area (Å²) in [6, 6.07) is 16.3. The molecule has 2 amide bonds. The largest absolute Gasteiger partial charge is 0.384 e. The number of hydrogen-bond donors (Lipinski definition) is 2. The maximum Gasteiger partial charge on any atom is 0.324 e. The number of nitrogens with two attached hydrogens (primary N) is 1. The van der Waals surface area contributed by atoms with Crippen molar-refractivity contribution in [2.75, 3.05) is 31.1 Å². The van der Waals surface area contributed by atoms with Gasteiger partial charge in [-0.25, -0.2) is 17.5 Å². The van der Waals surface area contributed by atoms with Crippen LogP contribution in [0.25, 0.3) is 0 Å². The smallest absolute Gasteiger partial charge is 0.324 e. The zero-order valence-corrected chi connectivity index (χ0v) is 19.7. The van der Waals surface area contributed by atoms with E-state index in [1.165, 1.54) is 0 Å². The number of amidine groups is 1. The first-order chi connectivity index (χ1) is 15.7. The molecular formula is C24H31N5O3S. The fourth-order valence-electron chi connectivity index (χ4n) is 4.69. The number of nitrogen functional groups attached to an aromatic ring is 1. The summed E-state index contributed by atoms with van der Waals surface area (Å²) in [5.41, 5.74) is 7.73. The van der Waals surface area contributed by atoms with Gasteiger partial charge in [0.1, 0.15) is 5.84 Å². The van der Waals surface area contributed by atoms with E-state index in [2.05, 4.69) is 6.92 Å². The van der Waals surface area contributed by atoms with Crippen LogP contribution in [0.3, 0.4) is 0 Å². The predicted molar refractivity (Wildman–Crippen MR) is 130 cm³/mol. The van der Waals surface area contributed by atoms with Crippen LogP contribution in [0.2, 0.25) is 0 Å². The zero-order chi connectivity index (χ0) is 23.6. The lowest BCUT2D eigenvalue weighted by molar-refractivity contribution is 0.127. The van der Waals surface area contributed by atoms with Gasteiger partial charge in [-0.2, -0.15) is 0 Å². The lowest BCUT2D eigenvalue weighted by Crippen LogP contribution is -2.58. The fraction of sp³-hybridized carbons (Fsp3) is 0.417. The molecule has 9 heteroatoms. The molecule has 1 atom stereocenters. The topological polar surface area (TPSA) is 111 Å². The Bertz CT molecular complexity index is 1110. The van der Waals surface area contributed by atoms with Gasteiger partial charge in [-0.05, 0) is 36.5 Å². The Labute approximate surface area is 195 Å². The van der Waals surface area contributed by atoms with Gasteiger partial charge in [0.05, 0.1) is 5.75 Å². The number of hydrogen-bond acceptors (Lipinski definition) is 4. The predicted octanol–water partition coefficient (Wildman–Crippen LogP) is 2.84. The third-order valence-corrected chi connectivity index (χ3v) is 8.25. The standard InChI is InChI=1S/C24H31N5O3S/c1-18-15-28(24(30)29(16-18)22-9-5-8-20(14-22)23(25)26)21-10-12-27(13-11-21)33(31,32)17-19-6-3-2-4-7-19/h2-9,14,18,21H,10-13,15-17H2,1H3,(H3,25,26). The third kappa shape index (κ3) is 5.20. The van der Waals surface area contributed by atoms with E-state index in [0.29, 0.717) is 44.6 Å². The van der Waals surface area contributed by atoms with Crippen molar-refractivity contribution >= 4 is 27.6 Å². The van der Waals surface area contributed by atoms with Crippen LogP contribution in [-0.4, -0.2) is 61.7 Å². The van der Waals surface area contributed by atoms with E-state index in [-0.39, 0.29) is 29.6 Å². The second kappa shape index (κ2) is 9.52. The maximum absolute atomic E-state index is 13.4. The average molecular weight is 470 g/mol. The van der Waals surface area contributed by atoms with Crippen molar-refractivity contribution in [2.24, 2.45) is 11.7 Å². The molecule has 2 saturated heterocycles. The molecule has 1 unspecified atom stereocenters. The number of rotatable bonds is 6. The molecule has 3 N–H and O–H groups in total. The fourth-order valence-corrected chi connectivity index (χ4v) is 6.25. The molecule has 2 aliphatic heterocycles. The molecule has 8 nitrogen and oxygen atoms in total. The number of carbonyl (C=O) groups is 1. The molecule has 176 valence electrons. The van der Waals surface area contributed by atoms with Gasteiger partial charge in [0.15, 0.2) is 0 Å². The van der Waals surface area contributed by atoms with Crippen molar-refractivity contribution in [3.8, 4) is 0 Å². The highest BCUT2D eigenvalue weighted by atomic mass is 32.2. The summed E-state index contributed by atoms with van der Waals surface area (Å²) in [5.74, 6) is 0.233. The second-order valence-corrected chi connectivity index (χ2v) is 11.0. The van der Waals surface area contributed by atoms with Crippen LogP contribution in [0.4, 0.5) is 10.5 Å². The molecule has 0 aromatic heterocycles. The summed E-state index contributed by atoms with van der Waals surface area (Å²) >= 11 is 0.